The van der Waals surface area contributed by atoms with Gasteiger partial charge in [-0.15, -0.1) is 0 Å². The van der Waals surface area contributed by atoms with Gasteiger partial charge in [0.1, 0.15) is 26.6 Å². The summed E-state index contributed by atoms with van der Waals surface area (Å²) < 4.78 is 32.2. The van der Waals surface area contributed by atoms with Gasteiger partial charge in [0, 0.05) is 0 Å². The molecule has 0 saturated heterocycles. The molecule has 0 bridgehead atoms. The fraction of sp³-hybridized carbons (Fsp3) is 0.778. The van der Waals surface area contributed by atoms with Crippen molar-refractivity contribution in [1.82, 2.24) is 0 Å². The van der Waals surface area contributed by atoms with Crippen molar-refractivity contribution >= 4 is 11.9 Å². The third-order valence-corrected chi connectivity index (χ3v) is 1.62. The molecule has 0 aromatic heterocycles. The van der Waals surface area contributed by atoms with Crippen LogP contribution in [0.2, 0.25) is 0 Å². The minimum atomic E-state index is -1.09. The Morgan fingerprint density at radius 3 is 1.73 bits per heavy atom. The van der Waals surface area contributed by atoms with Crippen LogP contribution in [-0.2, 0) is 19.1 Å². The fourth-order valence-electron chi connectivity index (χ4n) is 0.909. The van der Waals surface area contributed by atoms with Crippen molar-refractivity contribution in [3.05, 3.63) is 0 Å². The van der Waals surface area contributed by atoms with Crippen molar-refractivity contribution in [2.75, 3.05) is 26.6 Å². The van der Waals surface area contributed by atoms with Gasteiger partial charge < -0.3 is 9.47 Å². The largest absolute Gasteiger partial charge is 0.462 e. The van der Waals surface area contributed by atoms with Crippen molar-refractivity contribution in [1.29, 1.82) is 0 Å². The van der Waals surface area contributed by atoms with Crippen molar-refractivity contribution in [2.24, 2.45) is 5.92 Å². The van der Waals surface area contributed by atoms with E-state index in [9.17, 15) is 18.4 Å². The zero-order chi connectivity index (χ0) is 11.7. The van der Waals surface area contributed by atoms with Gasteiger partial charge in [-0.05, 0) is 6.42 Å². The monoisotopic (exact) mass is 224 g/mol. The molecule has 0 radical (unpaired) electrons. The molecule has 0 aliphatic rings. The molecular formula is C9H14F2O4. The summed E-state index contributed by atoms with van der Waals surface area (Å²) in [5.41, 5.74) is 0. The first-order valence-electron chi connectivity index (χ1n) is 4.62. The predicted octanol–water partition coefficient (Wildman–Crippen LogP) is 1.04. The van der Waals surface area contributed by atoms with Crippen molar-refractivity contribution < 1.29 is 27.8 Å². The van der Waals surface area contributed by atoms with Gasteiger partial charge in [0.2, 0.25) is 0 Å². The number of halogens is 2. The molecule has 0 spiro atoms. The van der Waals surface area contributed by atoms with Gasteiger partial charge in [-0.25, -0.2) is 8.78 Å². The molecule has 0 rings (SSSR count). The predicted molar refractivity (Wildman–Crippen MR) is 47.6 cm³/mol. The highest BCUT2D eigenvalue weighted by Crippen LogP contribution is 2.08. The molecule has 0 fully saturated rings. The van der Waals surface area contributed by atoms with Crippen molar-refractivity contribution in [3.8, 4) is 0 Å². The summed E-state index contributed by atoms with van der Waals surface area (Å²) in [6, 6.07) is 0. The van der Waals surface area contributed by atoms with E-state index < -0.39 is 31.2 Å². The van der Waals surface area contributed by atoms with Crippen LogP contribution in [0, 0.1) is 5.92 Å². The SMILES string of the molecule is CCC(C(=O)OCCF)C(=O)OCCF. The fourth-order valence-corrected chi connectivity index (χ4v) is 0.909. The quantitative estimate of drug-likeness (QED) is 0.479. The van der Waals surface area contributed by atoms with Crippen LogP contribution in [0.25, 0.3) is 0 Å². The van der Waals surface area contributed by atoms with E-state index in [1.807, 2.05) is 0 Å². The lowest BCUT2D eigenvalue weighted by molar-refractivity contribution is -0.162. The second kappa shape index (κ2) is 8.14. The summed E-state index contributed by atoms with van der Waals surface area (Å²) in [6.45, 7) is -0.793. The van der Waals surface area contributed by atoms with Crippen LogP contribution in [0.1, 0.15) is 13.3 Å². The highest BCUT2D eigenvalue weighted by molar-refractivity contribution is 5.94. The summed E-state index contributed by atoms with van der Waals surface area (Å²) in [6.07, 6.45) is 0.177. The molecule has 0 aliphatic carbocycles. The van der Waals surface area contributed by atoms with E-state index in [-0.39, 0.29) is 19.6 Å². The van der Waals surface area contributed by atoms with Crippen LogP contribution < -0.4 is 0 Å². The first-order valence-corrected chi connectivity index (χ1v) is 4.62. The van der Waals surface area contributed by atoms with E-state index in [1.54, 1.807) is 6.92 Å². The molecule has 0 amide bonds. The summed E-state index contributed by atoms with van der Waals surface area (Å²) >= 11 is 0. The maximum absolute atomic E-state index is 11.7. The van der Waals surface area contributed by atoms with E-state index in [2.05, 4.69) is 9.47 Å². The van der Waals surface area contributed by atoms with Crippen LogP contribution in [0.15, 0.2) is 0 Å². The van der Waals surface area contributed by atoms with Gasteiger partial charge in [-0.2, -0.15) is 0 Å². The molecule has 15 heavy (non-hydrogen) atoms. The number of carbonyl (C=O) groups excluding carboxylic acids is 2. The Morgan fingerprint density at radius 2 is 1.47 bits per heavy atom. The van der Waals surface area contributed by atoms with Crippen molar-refractivity contribution in [2.45, 2.75) is 13.3 Å². The van der Waals surface area contributed by atoms with Crippen LogP contribution in [0.3, 0.4) is 0 Å². The van der Waals surface area contributed by atoms with Gasteiger partial charge in [-0.3, -0.25) is 9.59 Å². The zero-order valence-electron chi connectivity index (χ0n) is 8.50. The summed E-state index contributed by atoms with van der Waals surface area (Å²) in [5, 5.41) is 0. The maximum atomic E-state index is 11.7. The molecule has 0 aliphatic heterocycles. The van der Waals surface area contributed by atoms with Gasteiger partial charge in [0.05, 0.1) is 0 Å². The first-order chi connectivity index (χ1) is 7.17. The third-order valence-electron chi connectivity index (χ3n) is 1.62. The summed E-state index contributed by atoms with van der Waals surface area (Å²) in [4.78, 5) is 22.3. The Morgan fingerprint density at radius 1 is 1.07 bits per heavy atom. The number of rotatable bonds is 7. The smallest absolute Gasteiger partial charge is 0.320 e. The lowest BCUT2D eigenvalue weighted by Crippen LogP contribution is -2.28. The number of ether oxygens (including phenoxy) is 2. The average Bonchev–Trinajstić information content (AvgIpc) is 2.24. The molecule has 0 N–H and O–H groups in total. The Kier molecular flexibility index (Phi) is 7.49. The van der Waals surface area contributed by atoms with Crippen LogP contribution in [-0.4, -0.2) is 38.5 Å². The van der Waals surface area contributed by atoms with Crippen LogP contribution in [0.4, 0.5) is 8.78 Å². The minimum absolute atomic E-state index is 0.177. The normalized spacial score (nSPS) is 10.1. The minimum Gasteiger partial charge on any atom is -0.462 e. The molecule has 4 nitrogen and oxygen atoms in total. The molecule has 0 aromatic rings. The van der Waals surface area contributed by atoms with Crippen LogP contribution in [0.5, 0.6) is 0 Å². The van der Waals surface area contributed by atoms with Gasteiger partial charge >= 0.3 is 11.9 Å². The zero-order valence-corrected chi connectivity index (χ0v) is 8.50. The van der Waals surface area contributed by atoms with E-state index in [1.165, 1.54) is 0 Å². The van der Waals surface area contributed by atoms with Crippen LogP contribution >= 0.6 is 0 Å². The molecule has 0 atom stereocenters. The highest BCUT2D eigenvalue weighted by atomic mass is 19.1. The topological polar surface area (TPSA) is 52.6 Å². The van der Waals surface area contributed by atoms with E-state index in [0.29, 0.717) is 0 Å². The highest BCUT2D eigenvalue weighted by Gasteiger charge is 2.27. The molecular weight excluding hydrogens is 210 g/mol. The average molecular weight is 224 g/mol. The van der Waals surface area contributed by atoms with E-state index >= 15 is 0 Å². The van der Waals surface area contributed by atoms with Gasteiger partial charge in [0.25, 0.3) is 0 Å². The van der Waals surface area contributed by atoms with E-state index in [4.69, 9.17) is 0 Å². The summed E-state index contributed by atoms with van der Waals surface area (Å²) in [7, 11) is 0. The maximum Gasteiger partial charge on any atom is 0.320 e. The van der Waals surface area contributed by atoms with Gasteiger partial charge in [-0.1, -0.05) is 6.92 Å². The second-order valence-electron chi connectivity index (χ2n) is 2.67. The molecule has 88 valence electrons. The number of hydrogen-bond donors (Lipinski definition) is 0. The number of carbonyl (C=O) groups is 2. The molecule has 0 unspecified atom stereocenters. The Bertz CT molecular complexity index is 188. The lowest BCUT2D eigenvalue weighted by Gasteiger charge is -2.12. The van der Waals surface area contributed by atoms with E-state index in [0.717, 1.165) is 0 Å². The third kappa shape index (κ3) is 5.29. The molecule has 0 saturated carbocycles. The lowest BCUT2D eigenvalue weighted by atomic mass is 10.1. The second-order valence-corrected chi connectivity index (χ2v) is 2.67. The molecule has 0 heterocycles. The summed E-state index contributed by atoms with van der Waals surface area (Å²) in [5.74, 6) is -2.76. The number of alkyl halides is 2. The van der Waals surface area contributed by atoms with Crippen molar-refractivity contribution in [3.63, 3.8) is 0 Å². The first kappa shape index (κ1) is 13.8. The number of hydrogen-bond acceptors (Lipinski definition) is 4. The Hall–Kier alpha value is -1.20. The Labute approximate surface area is 86.5 Å². The molecule has 0 aromatic carbocycles. The Balaban J connectivity index is 4.09. The number of esters is 2. The molecule has 6 heteroatoms. The standard InChI is InChI=1S/C9H14F2O4/c1-2-7(8(12)14-5-3-10)9(13)15-6-4-11/h7H,2-6H2,1H3. The van der Waals surface area contributed by atoms with Gasteiger partial charge in [0.15, 0.2) is 5.92 Å².